The quantitative estimate of drug-likeness (QED) is 0.888. The first-order chi connectivity index (χ1) is 11.0. The lowest BCUT2D eigenvalue weighted by molar-refractivity contribution is 0.251. The van der Waals surface area contributed by atoms with Gasteiger partial charge in [-0.15, -0.1) is 0 Å². The van der Waals surface area contributed by atoms with E-state index in [9.17, 15) is 13.6 Å². The highest BCUT2D eigenvalue weighted by Gasteiger charge is 2.07. The third-order valence-corrected chi connectivity index (χ3v) is 3.05. The first-order valence-corrected chi connectivity index (χ1v) is 6.73. The molecule has 122 valence electrons. The normalized spacial score (nSPS) is 10.1. The van der Waals surface area contributed by atoms with Gasteiger partial charge < -0.3 is 20.1 Å². The zero-order chi connectivity index (χ0) is 16.8. The van der Waals surface area contributed by atoms with E-state index in [2.05, 4.69) is 10.6 Å². The lowest BCUT2D eigenvalue weighted by Crippen LogP contribution is -2.28. The average molecular weight is 322 g/mol. The minimum absolute atomic E-state index is 0.0597. The minimum Gasteiger partial charge on any atom is -0.497 e. The molecule has 2 amide bonds. The van der Waals surface area contributed by atoms with Crippen LogP contribution in [0.25, 0.3) is 0 Å². The molecule has 0 saturated carbocycles. The van der Waals surface area contributed by atoms with Crippen LogP contribution in [0.4, 0.5) is 19.3 Å². The zero-order valence-corrected chi connectivity index (χ0v) is 12.7. The number of anilines is 1. The van der Waals surface area contributed by atoms with Gasteiger partial charge in [0.1, 0.15) is 11.5 Å². The summed E-state index contributed by atoms with van der Waals surface area (Å²) in [5, 5.41) is 5.16. The van der Waals surface area contributed by atoms with Crippen molar-refractivity contribution in [3.05, 3.63) is 53.6 Å². The van der Waals surface area contributed by atoms with Gasteiger partial charge in [0.15, 0.2) is 11.6 Å². The lowest BCUT2D eigenvalue weighted by atomic mass is 10.2. The molecule has 0 fully saturated rings. The van der Waals surface area contributed by atoms with Crippen molar-refractivity contribution in [2.75, 3.05) is 19.5 Å². The predicted molar refractivity (Wildman–Crippen MR) is 81.8 cm³/mol. The highest BCUT2D eigenvalue weighted by Crippen LogP contribution is 2.25. The molecule has 2 rings (SSSR count). The van der Waals surface area contributed by atoms with Crippen molar-refractivity contribution in [1.29, 1.82) is 0 Å². The number of halogens is 2. The molecular weight excluding hydrogens is 306 g/mol. The molecule has 2 N–H and O–H groups in total. The van der Waals surface area contributed by atoms with Crippen LogP contribution >= 0.6 is 0 Å². The second-order valence-corrected chi connectivity index (χ2v) is 4.66. The molecule has 2 aromatic rings. The second-order valence-electron chi connectivity index (χ2n) is 4.66. The Morgan fingerprint density at radius 3 is 2.22 bits per heavy atom. The number of hydrogen-bond donors (Lipinski definition) is 2. The maximum atomic E-state index is 13.1. The third kappa shape index (κ3) is 4.57. The molecule has 0 aliphatic carbocycles. The Morgan fingerprint density at radius 2 is 1.65 bits per heavy atom. The number of carbonyl (C=O) groups is 1. The lowest BCUT2D eigenvalue weighted by Gasteiger charge is -2.11. The van der Waals surface area contributed by atoms with E-state index in [1.165, 1.54) is 20.3 Å². The van der Waals surface area contributed by atoms with Crippen molar-refractivity contribution in [3.8, 4) is 11.5 Å². The van der Waals surface area contributed by atoms with Gasteiger partial charge in [0.2, 0.25) is 0 Å². The van der Waals surface area contributed by atoms with Crippen LogP contribution in [0.3, 0.4) is 0 Å². The summed E-state index contributed by atoms with van der Waals surface area (Å²) in [5.41, 5.74) is 0.922. The molecule has 5 nitrogen and oxygen atoms in total. The summed E-state index contributed by atoms with van der Waals surface area (Å²) in [6, 6.07) is 7.86. The topological polar surface area (TPSA) is 59.6 Å². The van der Waals surface area contributed by atoms with Crippen molar-refractivity contribution >= 4 is 11.7 Å². The molecule has 0 aromatic heterocycles. The Kier molecular flexibility index (Phi) is 5.35. The number of ether oxygens (including phenoxy) is 2. The summed E-state index contributed by atoms with van der Waals surface area (Å²) in [6.45, 7) is 0.0597. The van der Waals surface area contributed by atoms with Crippen molar-refractivity contribution in [2.24, 2.45) is 0 Å². The average Bonchev–Trinajstić information content (AvgIpc) is 2.55. The number of rotatable bonds is 5. The number of benzene rings is 2. The van der Waals surface area contributed by atoms with E-state index in [4.69, 9.17) is 9.47 Å². The van der Waals surface area contributed by atoms with E-state index >= 15 is 0 Å². The van der Waals surface area contributed by atoms with Gasteiger partial charge in [-0.05, 0) is 17.7 Å². The number of nitrogens with one attached hydrogen (secondary N) is 2. The molecule has 0 unspecified atom stereocenters. The van der Waals surface area contributed by atoms with E-state index in [1.807, 2.05) is 0 Å². The Morgan fingerprint density at radius 1 is 1.00 bits per heavy atom. The van der Waals surface area contributed by atoms with Gasteiger partial charge in [-0.25, -0.2) is 13.6 Å². The van der Waals surface area contributed by atoms with Gasteiger partial charge in [0.05, 0.1) is 14.2 Å². The van der Waals surface area contributed by atoms with Crippen LogP contribution in [0.2, 0.25) is 0 Å². The number of hydrogen-bond acceptors (Lipinski definition) is 3. The maximum Gasteiger partial charge on any atom is 0.319 e. The maximum absolute atomic E-state index is 13.1. The highest BCUT2D eigenvalue weighted by molar-refractivity contribution is 5.89. The Labute approximate surface area is 132 Å². The van der Waals surface area contributed by atoms with Crippen molar-refractivity contribution < 1.29 is 23.0 Å². The highest BCUT2D eigenvalue weighted by atomic mass is 19.2. The predicted octanol–water partition coefficient (Wildman–Crippen LogP) is 3.30. The molecule has 7 heteroatoms. The number of carbonyl (C=O) groups excluding carboxylic acids is 1. The minimum atomic E-state index is -0.956. The molecule has 2 aromatic carbocycles. The largest absolute Gasteiger partial charge is 0.497 e. The van der Waals surface area contributed by atoms with Gasteiger partial charge in [-0.2, -0.15) is 0 Å². The van der Waals surface area contributed by atoms with Gasteiger partial charge in [-0.1, -0.05) is 6.07 Å². The van der Waals surface area contributed by atoms with Crippen LogP contribution in [0, 0.1) is 11.6 Å². The summed E-state index contributed by atoms with van der Waals surface area (Å²) in [4.78, 5) is 11.9. The van der Waals surface area contributed by atoms with Crippen LogP contribution in [0.15, 0.2) is 36.4 Å². The molecule has 0 heterocycles. The molecule has 0 radical (unpaired) electrons. The van der Waals surface area contributed by atoms with Crippen LogP contribution in [-0.2, 0) is 6.54 Å². The van der Waals surface area contributed by atoms with Crippen LogP contribution < -0.4 is 20.1 Å². The monoisotopic (exact) mass is 322 g/mol. The fourth-order valence-corrected chi connectivity index (χ4v) is 1.89. The Hall–Kier alpha value is -2.83. The molecule has 0 aliphatic rings. The van der Waals surface area contributed by atoms with E-state index in [-0.39, 0.29) is 6.54 Å². The van der Waals surface area contributed by atoms with E-state index < -0.39 is 17.7 Å². The van der Waals surface area contributed by atoms with Gasteiger partial charge in [0.25, 0.3) is 0 Å². The Balaban J connectivity index is 1.97. The molecule has 0 aliphatic heterocycles. The first kappa shape index (κ1) is 16.5. The van der Waals surface area contributed by atoms with E-state index in [0.717, 1.165) is 12.1 Å². The fourth-order valence-electron chi connectivity index (χ4n) is 1.89. The van der Waals surface area contributed by atoms with Crippen LogP contribution in [-0.4, -0.2) is 20.3 Å². The summed E-state index contributed by atoms with van der Waals surface area (Å²) in [7, 11) is 3.00. The van der Waals surface area contributed by atoms with E-state index in [0.29, 0.717) is 22.7 Å². The zero-order valence-electron chi connectivity index (χ0n) is 12.7. The summed E-state index contributed by atoms with van der Waals surface area (Å²) in [5.74, 6) is -0.829. The van der Waals surface area contributed by atoms with E-state index in [1.54, 1.807) is 18.2 Å². The number of methoxy groups -OCH3 is 2. The molecule has 23 heavy (non-hydrogen) atoms. The molecule has 0 bridgehead atoms. The molecule has 0 atom stereocenters. The van der Waals surface area contributed by atoms with Gasteiger partial charge in [0, 0.05) is 30.4 Å². The van der Waals surface area contributed by atoms with Crippen molar-refractivity contribution in [3.63, 3.8) is 0 Å². The standard InChI is InChI=1S/C16H16F2N2O3/c1-22-12-6-11(7-13(8-12)23-2)20-16(21)19-9-10-3-4-14(17)15(18)5-10/h3-8H,9H2,1-2H3,(H2,19,20,21). The summed E-state index contributed by atoms with van der Waals surface area (Å²) < 4.78 is 36.1. The molecule has 0 spiro atoms. The molecular formula is C16H16F2N2O3. The fraction of sp³-hybridized carbons (Fsp3) is 0.188. The smallest absolute Gasteiger partial charge is 0.319 e. The number of urea groups is 1. The van der Waals surface area contributed by atoms with Crippen LogP contribution in [0.5, 0.6) is 11.5 Å². The number of amides is 2. The second kappa shape index (κ2) is 7.44. The third-order valence-electron chi connectivity index (χ3n) is 3.05. The van der Waals surface area contributed by atoms with Crippen LogP contribution in [0.1, 0.15) is 5.56 Å². The van der Waals surface area contributed by atoms with Gasteiger partial charge >= 0.3 is 6.03 Å². The van der Waals surface area contributed by atoms with Gasteiger partial charge in [-0.3, -0.25) is 0 Å². The SMILES string of the molecule is COc1cc(NC(=O)NCc2ccc(F)c(F)c2)cc(OC)c1. The Bertz CT molecular complexity index is 685. The first-order valence-electron chi connectivity index (χ1n) is 6.73. The molecule has 0 saturated heterocycles. The van der Waals surface area contributed by atoms with Crippen molar-refractivity contribution in [1.82, 2.24) is 5.32 Å². The summed E-state index contributed by atoms with van der Waals surface area (Å²) in [6.07, 6.45) is 0. The summed E-state index contributed by atoms with van der Waals surface area (Å²) >= 11 is 0. The van der Waals surface area contributed by atoms with Crippen molar-refractivity contribution in [2.45, 2.75) is 6.54 Å².